The number of aliphatic hydroxyl groups excluding tert-OH is 1. The topological polar surface area (TPSA) is 46.2 Å². The average molecular weight is 248 g/mol. The molecule has 0 fully saturated rings. The van der Waals surface area contributed by atoms with Crippen LogP contribution in [0, 0.1) is 0 Å². The zero-order valence-corrected chi connectivity index (χ0v) is 10.1. The van der Waals surface area contributed by atoms with Gasteiger partial charge in [0.05, 0.1) is 6.10 Å². The van der Waals surface area contributed by atoms with Crippen LogP contribution in [0.1, 0.15) is 17.2 Å². The molecule has 88 valence electrons. The molecule has 2 aromatic rings. The summed E-state index contributed by atoms with van der Waals surface area (Å²) in [5, 5.41) is 10.8. The van der Waals surface area contributed by atoms with Gasteiger partial charge in [-0.05, 0) is 35.4 Å². The fourth-order valence-electron chi connectivity index (χ4n) is 1.77. The number of rotatable bonds is 3. The molecule has 0 bridgehead atoms. The van der Waals surface area contributed by atoms with Crippen LogP contribution in [0.3, 0.4) is 0 Å². The quantitative estimate of drug-likeness (QED) is 0.819. The molecule has 0 aromatic heterocycles. The van der Waals surface area contributed by atoms with Crippen molar-refractivity contribution in [3.05, 3.63) is 64.7 Å². The van der Waals surface area contributed by atoms with Crippen LogP contribution >= 0.6 is 11.6 Å². The maximum absolute atomic E-state index is 10.1. The Bertz CT molecular complexity index is 513. The lowest BCUT2D eigenvalue weighted by atomic mass is 10.0. The molecule has 0 aliphatic rings. The first-order chi connectivity index (χ1) is 8.15. The molecule has 1 atom stereocenters. The van der Waals surface area contributed by atoms with E-state index in [1.54, 1.807) is 12.1 Å². The summed E-state index contributed by atoms with van der Waals surface area (Å²) in [5.41, 5.74) is 8.17. The molecule has 2 nitrogen and oxygen atoms in total. The zero-order chi connectivity index (χ0) is 12.3. The fourth-order valence-corrected chi connectivity index (χ4v) is 1.98. The number of hydrogen-bond acceptors (Lipinski definition) is 2. The minimum atomic E-state index is -0.558. The van der Waals surface area contributed by atoms with Crippen molar-refractivity contribution in [1.29, 1.82) is 0 Å². The van der Waals surface area contributed by atoms with Gasteiger partial charge in [-0.1, -0.05) is 35.9 Å². The van der Waals surface area contributed by atoms with Crippen molar-refractivity contribution in [2.45, 2.75) is 12.5 Å². The van der Waals surface area contributed by atoms with E-state index in [1.165, 1.54) is 0 Å². The molecule has 0 amide bonds. The molecule has 2 rings (SSSR count). The van der Waals surface area contributed by atoms with Gasteiger partial charge in [-0.2, -0.15) is 0 Å². The number of nitrogen functional groups attached to an aromatic ring is 1. The minimum Gasteiger partial charge on any atom is -0.399 e. The van der Waals surface area contributed by atoms with Crippen LogP contribution in [-0.4, -0.2) is 5.11 Å². The van der Waals surface area contributed by atoms with E-state index in [9.17, 15) is 5.11 Å². The Morgan fingerprint density at radius 1 is 1.12 bits per heavy atom. The van der Waals surface area contributed by atoms with Crippen LogP contribution in [0.15, 0.2) is 48.5 Å². The van der Waals surface area contributed by atoms with Crippen LogP contribution in [0.5, 0.6) is 0 Å². The normalized spacial score (nSPS) is 12.4. The smallest absolute Gasteiger partial charge is 0.0831 e. The summed E-state index contributed by atoms with van der Waals surface area (Å²) in [6.45, 7) is 0. The molecule has 1 unspecified atom stereocenters. The van der Waals surface area contributed by atoms with Crippen molar-refractivity contribution in [3.63, 3.8) is 0 Å². The van der Waals surface area contributed by atoms with Gasteiger partial charge in [0.1, 0.15) is 0 Å². The highest BCUT2D eigenvalue weighted by atomic mass is 35.5. The van der Waals surface area contributed by atoms with E-state index in [2.05, 4.69) is 0 Å². The van der Waals surface area contributed by atoms with E-state index in [4.69, 9.17) is 17.3 Å². The second-order valence-electron chi connectivity index (χ2n) is 4.02. The van der Waals surface area contributed by atoms with Crippen molar-refractivity contribution in [2.24, 2.45) is 0 Å². The predicted molar refractivity (Wildman–Crippen MR) is 71.0 cm³/mol. The summed E-state index contributed by atoms with van der Waals surface area (Å²) in [4.78, 5) is 0. The summed E-state index contributed by atoms with van der Waals surface area (Å²) < 4.78 is 0. The van der Waals surface area contributed by atoms with Crippen LogP contribution in [0.25, 0.3) is 0 Å². The summed E-state index contributed by atoms with van der Waals surface area (Å²) in [5.74, 6) is 0. The summed E-state index contributed by atoms with van der Waals surface area (Å²) in [7, 11) is 0. The third-order valence-electron chi connectivity index (χ3n) is 2.61. The van der Waals surface area contributed by atoms with Crippen molar-refractivity contribution in [2.75, 3.05) is 5.73 Å². The number of anilines is 1. The molecule has 0 radical (unpaired) electrons. The van der Waals surface area contributed by atoms with Gasteiger partial charge in [0.15, 0.2) is 0 Å². The molecule has 0 aliphatic heterocycles. The Labute approximate surface area is 106 Å². The van der Waals surface area contributed by atoms with Gasteiger partial charge < -0.3 is 10.8 Å². The lowest BCUT2D eigenvalue weighted by Crippen LogP contribution is -2.02. The largest absolute Gasteiger partial charge is 0.399 e. The molecule has 0 heterocycles. The number of halogens is 1. The molecular formula is C14H14ClNO. The van der Waals surface area contributed by atoms with Gasteiger partial charge in [0.2, 0.25) is 0 Å². The Kier molecular flexibility index (Phi) is 3.67. The maximum Gasteiger partial charge on any atom is 0.0831 e. The van der Waals surface area contributed by atoms with E-state index < -0.39 is 6.10 Å². The number of benzene rings is 2. The molecule has 0 spiro atoms. The monoisotopic (exact) mass is 247 g/mol. The summed E-state index contributed by atoms with van der Waals surface area (Å²) in [6.07, 6.45) is -0.0266. The van der Waals surface area contributed by atoms with Gasteiger partial charge in [-0.15, -0.1) is 0 Å². The zero-order valence-electron chi connectivity index (χ0n) is 9.31. The highest BCUT2D eigenvalue weighted by Gasteiger charge is 2.08. The first-order valence-corrected chi connectivity index (χ1v) is 5.81. The molecule has 0 aliphatic carbocycles. The summed E-state index contributed by atoms with van der Waals surface area (Å²) in [6, 6.07) is 14.8. The first-order valence-electron chi connectivity index (χ1n) is 5.43. The number of hydrogen-bond donors (Lipinski definition) is 2. The van der Waals surface area contributed by atoms with Crippen molar-refractivity contribution in [1.82, 2.24) is 0 Å². The van der Waals surface area contributed by atoms with E-state index in [0.29, 0.717) is 17.1 Å². The Morgan fingerprint density at radius 3 is 2.59 bits per heavy atom. The van der Waals surface area contributed by atoms with Gasteiger partial charge >= 0.3 is 0 Å². The van der Waals surface area contributed by atoms with Gasteiger partial charge in [0, 0.05) is 17.1 Å². The fraction of sp³-hybridized carbons (Fsp3) is 0.143. The van der Waals surface area contributed by atoms with E-state index >= 15 is 0 Å². The third-order valence-corrected chi connectivity index (χ3v) is 2.85. The Balaban J connectivity index is 2.14. The molecule has 0 saturated heterocycles. The molecule has 2 aromatic carbocycles. The van der Waals surface area contributed by atoms with Gasteiger partial charge in [-0.25, -0.2) is 0 Å². The molecule has 3 N–H and O–H groups in total. The predicted octanol–water partition coefficient (Wildman–Crippen LogP) is 3.20. The standard InChI is InChI=1S/C14H14ClNO/c15-12-5-1-3-10(7-12)8-14(17)11-4-2-6-13(16)9-11/h1-7,9,14,17H,8,16H2. The highest BCUT2D eigenvalue weighted by molar-refractivity contribution is 6.30. The Hall–Kier alpha value is -1.51. The molecule has 3 heteroatoms. The molecule has 17 heavy (non-hydrogen) atoms. The van der Waals surface area contributed by atoms with Crippen molar-refractivity contribution in [3.8, 4) is 0 Å². The second-order valence-corrected chi connectivity index (χ2v) is 4.46. The van der Waals surface area contributed by atoms with Crippen LogP contribution < -0.4 is 5.73 Å². The molecular weight excluding hydrogens is 234 g/mol. The number of aliphatic hydroxyl groups is 1. The average Bonchev–Trinajstić information content (AvgIpc) is 2.29. The number of nitrogens with two attached hydrogens (primary N) is 1. The summed E-state index contributed by atoms with van der Waals surface area (Å²) >= 11 is 5.90. The van der Waals surface area contributed by atoms with Crippen molar-refractivity contribution < 1.29 is 5.11 Å². The van der Waals surface area contributed by atoms with Crippen LogP contribution in [0.4, 0.5) is 5.69 Å². The minimum absolute atomic E-state index is 0.532. The van der Waals surface area contributed by atoms with E-state index in [1.807, 2.05) is 36.4 Å². The second kappa shape index (κ2) is 5.21. The maximum atomic E-state index is 10.1. The van der Waals surface area contributed by atoms with Gasteiger partial charge in [0.25, 0.3) is 0 Å². The van der Waals surface area contributed by atoms with E-state index in [-0.39, 0.29) is 0 Å². The van der Waals surface area contributed by atoms with E-state index in [0.717, 1.165) is 11.1 Å². The van der Waals surface area contributed by atoms with Crippen LogP contribution in [0.2, 0.25) is 5.02 Å². The third kappa shape index (κ3) is 3.22. The SMILES string of the molecule is Nc1cccc(C(O)Cc2cccc(Cl)c2)c1. The Morgan fingerprint density at radius 2 is 1.88 bits per heavy atom. The first kappa shape index (κ1) is 12.0. The highest BCUT2D eigenvalue weighted by Crippen LogP contribution is 2.21. The van der Waals surface area contributed by atoms with Crippen molar-refractivity contribution >= 4 is 17.3 Å². The van der Waals surface area contributed by atoms with Gasteiger partial charge in [-0.3, -0.25) is 0 Å². The van der Waals surface area contributed by atoms with Crippen LogP contribution in [-0.2, 0) is 6.42 Å². The molecule has 0 saturated carbocycles. The lowest BCUT2D eigenvalue weighted by molar-refractivity contribution is 0.178. The lowest BCUT2D eigenvalue weighted by Gasteiger charge is -2.11.